The Bertz CT molecular complexity index is 742. The average Bonchev–Trinajstić information content (AvgIpc) is 2.76. The first kappa shape index (κ1) is 12.5. The van der Waals surface area contributed by atoms with Crippen molar-refractivity contribution in [3.05, 3.63) is 53.3 Å². The highest BCUT2D eigenvalue weighted by atomic mass is 16.3. The Balaban J connectivity index is 1.94. The second-order valence-electron chi connectivity index (χ2n) is 4.94. The summed E-state index contributed by atoms with van der Waals surface area (Å²) in [5.41, 5.74) is 4.29. The van der Waals surface area contributed by atoms with E-state index in [4.69, 9.17) is 0 Å². The quantitative estimate of drug-likeness (QED) is 0.680. The largest absolute Gasteiger partial charge is 0.507 e. The predicted molar refractivity (Wildman–Crippen MR) is 81.0 cm³/mol. The number of fused-ring (bicyclic) bond motifs is 1. The first-order chi connectivity index (χ1) is 9.66. The lowest BCUT2D eigenvalue weighted by molar-refractivity contribution is 0.481. The lowest BCUT2D eigenvalue weighted by atomic mass is 10.1. The number of nitrogens with one attached hydrogen (secondary N) is 2. The highest BCUT2D eigenvalue weighted by molar-refractivity contribution is 5.97. The third-order valence-electron chi connectivity index (χ3n) is 3.64. The molecule has 0 unspecified atom stereocenters. The molecular formula is C16H17N3O. The van der Waals surface area contributed by atoms with Gasteiger partial charge in [-0.05, 0) is 26.0 Å². The van der Waals surface area contributed by atoms with Gasteiger partial charge in [0.1, 0.15) is 5.75 Å². The first-order valence-electron chi connectivity index (χ1n) is 6.62. The molecule has 0 fully saturated rings. The fourth-order valence-electron chi connectivity index (χ4n) is 2.47. The molecule has 3 N–H and O–H groups in total. The van der Waals surface area contributed by atoms with E-state index in [1.807, 2.05) is 44.2 Å². The third-order valence-corrected chi connectivity index (χ3v) is 3.64. The van der Waals surface area contributed by atoms with E-state index in [-0.39, 0.29) is 0 Å². The molecule has 2 aromatic carbocycles. The van der Waals surface area contributed by atoms with Gasteiger partial charge >= 0.3 is 0 Å². The fourth-order valence-corrected chi connectivity index (χ4v) is 2.47. The number of aromatic amines is 1. The summed E-state index contributed by atoms with van der Waals surface area (Å²) in [6.45, 7) is 4.73. The van der Waals surface area contributed by atoms with Crippen LogP contribution in [0.25, 0.3) is 10.8 Å². The number of aryl methyl sites for hydroxylation is 2. The number of phenolic OH excluding ortho intramolecular Hbond substituents is 1. The molecule has 0 atom stereocenters. The maximum absolute atomic E-state index is 9.89. The van der Waals surface area contributed by atoms with Gasteiger partial charge in [-0.3, -0.25) is 5.10 Å². The van der Waals surface area contributed by atoms with Gasteiger partial charge in [-0.2, -0.15) is 5.10 Å². The van der Waals surface area contributed by atoms with E-state index >= 15 is 0 Å². The summed E-state index contributed by atoms with van der Waals surface area (Å²) < 4.78 is 0. The van der Waals surface area contributed by atoms with E-state index < -0.39 is 0 Å². The minimum Gasteiger partial charge on any atom is -0.507 e. The van der Waals surface area contributed by atoms with Crippen LogP contribution in [0.2, 0.25) is 0 Å². The van der Waals surface area contributed by atoms with Crippen LogP contribution in [0, 0.1) is 13.8 Å². The molecule has 0 spiro atoms. The van der Waals surface area contributed by atoms with Crippen LogP contribution < -0.4 is 5.32 Å². The minimum absolute atomic E-state index is 0.307. The summed E-state index contributed by atoms with van der Waals surface area (Å²) in [6, 6.07) is 11.5. The van der Waals surface area contributed by atoms with Gasteiger partial charge in [-0.25, -0.2) is 0 Å². The second kappa shape index (κ2) is 4.89. The molecule has 102 valence electrons. The number of H-pyrrole nitrogens is 1. The molecule has 0 saturated carbocycles. The van der Waals surface area contributed by atoms with E-state index in [0.717, 1.165) is 27.8 Å². The van der Waals surface area contributed by atoms with Crippen LogP contribution in [-0.4, -0.2) is 15.3 Å². The molecule has 3 aromatic rings. The molecule has 0 aliphatic rings. The van der Waals surface area contributed by atoms with Gasteiger partial charge in [0, 0.05) is 34.3 Å². The van der Waals surface area contributed by atoms with Crippen molar-refractivity contribution >= 4 is 16.5 Å². The number of anilines is 1. The molecule has 3 rings (SSSR count). The van der Waals surface area contributed by atoms with Gasteiger partial charge in [0.2, 0.25) is 0 Å². The van der Waals surface area contributed by atoms with Crippen LogP contribution in [0.15, 0.2) is 36.4 Å². The van der Waals surface area contributed by atoms with Crippen LogP contribution in [0.1, 0.15) is 17.0 Å². The normalized spacial score (nSPS) is 10.9. The van der Waals surface area contributed by atoms with Crippen molar-refractivity contribution in [1.82, 2.24) is 10.2 Å². The van der Waals surface area contributed by atoms with Crippen LogP contribution in [0.5, 0.6) is 5.75 Å². The SMILES string of the molecule is Cc1n[nH]c(C)c1CNc1cccc2c(O)cccc12. The summed E-state index contributed by atoms with van der Waals surface area (Å²) in [4.78, 5) is 0. The number of hydrogen-bond donors (Lipinski definition) is 3. The lowest BCUT2D eigenvalue weighted by Crippen LogP contribution is -2.02. The van der Waals surface area contributed by atoms with E-state index in [2.05, 4.69) is 15.5 Å². The van der Waals surface area contributed by atoms with Crippen LogP contribution in [-0.2, 0) is 6.54 Å². The third kappa shape index (κ3) is 2.09. The van der Waals surface area contributed by atoms with E-state index in [9.17, 15) is 5.11 Å². The summed E-state index contributed by atoms with van der Waals surface area (Å²) in [5.74, 6) is 0.307. The number of rotatable bonds is 3. The number of aromatic nitrogens is 2. The highest BCUT2D eigenvalue weighted by Gasteiger charge is 2.08. The zero-order valence-corrected chi connectivity index (χ0v) is 11.6. The molecule has 0 aliphatic heterocycles. The molecule has 20 heavy (non-hydrogen) atoms. The van der Waals surface area contributed by atoms with Crippen LogP contribution >= 0.6 is 0 Å². The van der Waals surface area contributed by atoms with Crippen molar-refractivity contribution in [2.45, 2.75) is 20.4 Å². The van der Waals surface area contributed by atoms with Crippen molar-refractivity contribution in [3.63, 3.8) is 0 Å². The van der Waals surface area contributed by atoms with Crippen LogP contribution in [0.4, 0.5) is 5.69 Å². The monoisotopic (exact) mass is 267 g/mol. The van der Waals surface area contributed by atoms with Crippen molar-refractivity contribution in [1.29, 1.82) is 0 Å². The molecule has 4 nitrogen and oxygen atoms in total. The summed E-state index contributed by atoms with van der Waals surface area (Å²) in [7, 11) is 0. The number of phenols is 1. The Kier molecular flexibility index (Phi) is 3.06. The lowest BCUT2D eigenvalue weighted by Gasteiger charge is -2.10. The van der Waals surface area contributed by atoms with Gasteiger partial charge in [0.15, 0.2) is 0 Å². The van der Waals surface area contributed by atoms with Crippen molar-refractivity contribution in [2.75, 3.05) is 5.32 Å². The molecule has 4 heteroatoms. The van der Waals surface area contributed by atoms with Gasteiger partial charge in [-0.1, -0.05) is 24.3 Å². The topological polar surface area (TPSA) is 60.9 Å². The summed E-state index contributed by atoms with van der Waals surface area (Å²) in [6.07, 6.45) is 0. The number of benzene rings is 2. The molecular weight excluding hydrogens is 250 g/mol. The number of nitrogens with zero attached hydrogens (tertiary/aromatic N) is 1. The Morgan fingerprint density at radius 2 is 1.85 bits per heavy atom. The molecule has 0 bridgehead atoms. The maximum Gasteiger partial charge on any atom is 0.123 e. The Labute approximate surface area is 117 Å². The molecule has 0 radical (unpaired) electrons. The van der Waals surface area contributed by atoms with Gasteiger partial charge < -0.3 is 10.4 Å². The minimum atomic E-state index is 0.307. The van der Waals surface area contributed by atoms with E-state index in [0.29, 0.717) is 12.3 Å². The summed E-state index contributed by atoms with van der Waals surface area (Å²) >= 11 is 0. The van der Waals surface area contributed by atoms with E-state index in [1.165, 1.54) is 5.56 Å². The zero-order chi connectivity index (χ0) is 14.1. The Morgan fingerprint density at radius 1 is 1.10 bits per heavy atom. The number of aromatic hydroxyl groups is 1. The van der Waals surface area contributed by atoms with Gasteiger partial charge in [0.25, 0.3) is 0 Å². The molecule has 1 aromatic heterocycles. The van der Waals surface area contributed by atoms with Gasteiger partial charge in [-0.15, -0.1) is 0 Å². The van der Waals surface area contributed by atoms with Crippen molar-refractivity contribution in [3.8, 4) is 5.75 Å². The predicted octanol–water partition coefficient (Wildman–Crippen LogP) is 3.50. The van der Waals surface area contributed by atoms with Crippen molar-refractivity contribution < 1.29 is 5.11 Å². The van der Waals surface area contributed by atoms with Crippen molar-refractivity contribution in [2.24, 2.45) is 0 Å². The molecule has 0 amide bonds. The molecule has 0 saturated heterocycles. The highest BCUT2D eigenvalue weighted by Crippen LogP contribution is 2.30. The maximum atomic E-state index is 9.89. The zero-order valence-electron chi connectivity index (χ0n) is 11.6. The van der Waals surface area contributed by atoms with Gasteiger partial charge in [0.05, 0.1) is 5.69 Å². The Hall–Kier alpha value is -2.49. The second-order valence-corrected chi connectivity index (χ2v) is 4.94. The fraction of sp³-hybridized carbons (Fsp3) is 0.188. The molecule has 0 aliphatic carbocycles. The number of hydrogen-bond acceptors (Lipinski definition) is 3. The smallest absolute Gasteiger partial charge is 0.123 e. The Morgan fingerprint density at radius 3 is 2.60 bits per heavy atom. The molecule has 1 heterocycles. The first-order valence-corrected chi connectivity index (χ1v) is 6.62. The van der Waals surface area contributed by atoms with Crippen LogP contribution in [0.3, 0.4) is 0 Å². The van der Waals surface area contributed by atoms with E-state index in [1.54, 1.807) is 6.07 Å². The average molecular weight is 267 g/mol. The summed E-state index contributed by atoms with van der Waals surface area (Å²) in [5, 5.41) is 22.4. The standard InChI is InChI=1S/C16H17N3O/c1-10-14(11(2)19-18-10)9-17-15-7-3-6-13-12(15)5-4-8-16(13)20/h3-8,17,20H,9H2,1-2H3,(H,18,19).